The van der Waals surface area contributed by atoms with Crippen molar-refractivity contribution in [3.63, 3.8) is 0 Å². The van der Waals surface area contributed by atoms with Gasteiger partial charge in [-0.25, -0.2) is 9.67 Å². The lowest BCUT2D eigenvalue weighted by Gasteiger charge is -2.13. The number of fused-ring (bicyclic) bond motifs is 1. The van der Waals surface area contributed by atoms with Crippen LogP contribution in [0.4, 0.5) is 0 Å². The molecule has 7 heteroatoms. The van der Waals surface area contributed by atoms with Crippen molar-refractivity contribution >= 4 is 28.3 Å². The Kier molecular flexibility index (Phi) is 5.25. The van der Waals surface area contributed by atoms with Crippen molar-refractivity contribution < 1.29 is 9.21 Å². The number of nitrogens with one attached hydrogen (secondary N) is 1. The van der Waals surface area contributed by atoms with Crippen LogP contribution in [-0.2, 0) is 17.8 Å². The van der Waals surface area contributed by atoms with Gasteiger partial charge in [-0.1, -0.05) is 6.07 Å². The summed E-state index contributed by atoms with van der Waals surface area (Å²) in [5.74, 6) is 0.861. The van der Waals surface area contributed by atoms with Crippen LogP contribution in [0.3, 0.4) is 0 Å². The zero-order valence-corrected chi connectivity index (χ0v) is 16.7. The Morgan fingerprint density at radius 2 is 2.21 bits per heavy atom. The number of hydrogen-bond donors (Lipinski definition) is 1. The predicted molar refractivity (Wildman–Crippen MR) is 110 cm³/mol. The summed E-state index contributed by atoms with van der Waals surface area (Å²) in [4.78, 5) is 18.2. The number of pyridine rings is 1. The number of carbonyl (C=O) groups is 1. The molecule has 1 unspecified atom stereocenters. The second-order valence-corrected chi connectivity index (χ2v) is 7.81. The van der Waals surface area contributed by atoms with Crippen LogP contribution >= 0.6 is 11.3 Å². The van der Waals surface area contributed by atoms with Crippen molar-refractivity contribution in [3.05, 3.63) is 59.6 Å². The third kappa shape index (κ3) is 3.84. The Labute approximate surface area is 167 Å². The van der Waals surface area contributed by atoms with Gasteiger partial charge in [-0.2, -0.15) is 5.10 Å². The first-order valence-electron chi connectivity index (χ1n) is 9.29. The van der Waals surface area contributed by atoms with Crippen molar-refractivity contribution in [2.24, 2.45) is 0 Å². The van der Waals surface area contributed by atoms with E-state index in [0.717, 1.165) is 40.9 Å². The van der Waals surface area contributed by atoms with Gasteiger partial charge in [0.1, 0.15) is 12.3 Å². The van der Waals surface area contributed by atoms with Crippen LogP contribution in [0.2, 0.25) is 0 Å². The molecule has 1 amide bonds. The number of furan rings is 1. The number of hydrogen-bond acceptors (Lipinski definition) is 5. The van der Waals surface area contributed by atoms with E-state index in [-0.39, 0.29) is 18.5 Å². The number of carbonyl (C=O) groups excluding carboxylic acids is 1. The second-order valence-electron chi connectivity index (χ2n) is 6.86. The molecule has 0 aliphatic rings. The lowest BCUT2D eigenvalue weighted by Crippen LogP contribution is -2.35. The molecule has 4 aromatic rings. The van der Waals surface area contributed by atoms with Crippen LogP contribution in [-0.4, -0.2) is 26.7 Å². The Morgan fingerprint density at radius 1 is 1.32 bits per heavy atom. The highest BCUT2D eigenvalue weighted by Gasteiger charge is 2.17. The number of nitrogens with zero attached hydrogens (tertiary/aromatic N) is 3. The summed E-state index contributed by atoms with van der Waals surface area (Å²) in [7, 11) is 0. The molecule has 0 saturated heterocycles. The van der Waals surface area contributed by atoms with E-state index in [4.69, 9.17) is 4.42 Å². The maximum Gasteiger partial charge on any atom is 0.242 e. The summed E-state index contributed by atoms with van der Waals surface area (Å²) in [5, 5.41) is 10.7. The number of aromatic nitrogens is 3. The molecular weight excluding hydrogens is 372 g/mol. The Hall–Kier alpha value is -2.93. The van der Waals surface area contributed by atoms with Crippen LogP contribution in [0.25, 0.3) is 21.5 Å². The van der Waals surface area contributed by atoms with Gasteiger partial charge in [0.05, 0.1) is 17.3 Å². The molecule has 144 valence electrons. The van der Waals surface area contributed by atoms with Crippen LogP contribution in [0.5, 0.6) is 0 Å². The molecule has 0 aliphatic heterocycles. The maximum absolute atomic E-state index is 12.5. The van der Waals surface area contributed by atoms with Crippen molar-refractivity contribution in [1.82, 2.24) is 20.1 Å². The minimum absolute atomic E-state index is 0.0511. The highest BCUT2D eigenvalue weighted by molar-refractivity contribution is 7.13. The van der Waals surface area contributed by atoms with E-state index in [0.29, 0.717) is 0 Å². The average Bonchev–Trinajstić information content (AvgIpc) is 3.42. The molecular formula is C21H22N4O2S. The first kappa shape index (κ1) is 18.4. The minimum atomic E-state index is -0.0697. The largest absolute Gasteiger partial charge is 0.469 e. The van der Waals surface area contributed by atoms with Gasteiger partial charge in [0.15, 0.2) is 5.65 Å². The molecule has 0 fully saturated rings. The molecule has 28 heavy (non-hydrogen) atoms. The molecule has 0 radical (unpaired) electrons. The highest BCUT2D eigenvalue weighted by atomic mass is 32.1. The van der Waals surface area contributed by atoms with Crippen molar-refractivity contribution in [2.45, 2.75) is 39.3 Å². The van der Waals surface area contributed by atoms with E-state index in [1.165, 1.54) is 4.88 Å². The first-order valence-corrected chi connectivity index (χ1v) is 10.2. The zero-order chi connectivity index (χ0) is 19.5. The molecule has 4 heterocycles. The average molecular weight is 395 g/mol. The van der Waals surface area contributed by atoms with Crippen LogP contribution in [0, 0.1) is 6.92 Å². The first-order chi connectivity index (χ1) is 13.6. The van der Waals surface area contributed by atoms with Crippen molar-refractivity contribution in [1.29, 1.82) is 0 Å². The minimum Gasteiger partial charge on any atom is -0.469 e. The summed E-state index contributed by atoms with van der Waals surface area (Å²) in [5.41, 5.74) is 2.72. The molecule has 4 rings (SSSR count). The third-order valence-corrected chi connectivity index (χ3v) is 5.60. The molecule has 1 atom stereocenters. The van der Waals surface area contributed by atoms with Gasteiger partial charge in [-0.05, 0) is 49.9 Å². The lowest BCUT2D eigenvalue weighted by atomic mass is 10.1. The van der Waals surface area contributed by atoms with Gasteiger partial charge in [0, 0.05) is 29.1 Å². The zero-order valence-electron chi connectivity index (χ0n) is 15.9. The molecule has 1 N–H and O–H groups in total. The Balaban J connectivity index is 1.47. The number of rotatable bonds is 7. The molecule has 0 aliphatic carbocycles. The quantitative estimate of drug-likeness (QED) is 0.510. The fraction of sp³-hybridized carbons (Fsp3) is 0.286. The van der Waals surface area contributed by atoms with Gasteiger partial charge in [0.2, 0.25) is 5.91 Å². The molecule has 4 aromatic heterocycles. The van der Waals surface area contributed by atoms with E-state index >= 15 is 0 Å². The van der Waals surface area contributed by atoms with E-state index in [1.807, 2.05) is 38.1 Å². The maximum atomic E-state index is 12.5. The number of thiophene rings is 1. The number of amides is 1. The summed E-state index contributed by atoms with van der Waals surface area (Å²) < 4.78 is 7.03. The van der Waals surface area contributed by atoms with Crippen LogP contribution in [0.15, 0.2) is 52.6 Å². The predicted octanol–water partition coefficient (Wildman–Crippen LogP) is 4.20. The summed E-state index contributed by atoms with van der Waals surface area (Å²) >= 11 is 1.68. The normalized spacial score (nSPS) is 12.4. The van der Waals surface area contributed by atoms with Gasteiger partial charge in [0.25, 0.3) is 0 Å². The van der Waals surface area contributed by atoms with E-state index < -0.39 is 0 Å². The Bertz CT molecular complexity index is 1070. The second kappa shape index (κ2) is 7.98. The fourth-order valence-corrected chi connectivity index (χ4v) is 4.13. The monoisotopic (exact) mass is 394 g/mol. The lowest BCUT2D eigenvalue weighted by molar-refractivity contribution is -0.122. The smallest absolute Gasteiger partial charge is 0.242 e. The van der Waals surface area contributed by atoms with Crippen molar-refractivity contribution in [3.8, 4) is 10.4 Å². The standard InChI is InChI=1S/C21H22N4O2S/c1-14(7-8-16-5-3-11-27-16)23-19(26)13-25-21-20(15(2)24-25)17(9-10-22-21)18-6-4-12-28-18/h3-6,9-12,14H,7-8,13H2,1-2H3,(H,23,26). The van der Waals surface area contributed by atoms with E-state index in [2.05, 4.69) is 26.8 Å². The van der Waals surface area contributed by atoms with Gasteiger partial charge >= 0.3 is 0 Å². The van der Waals surface area contributed by atoms with E-state index in [1.54, 1.807) is 28.5 Å². The molecule has 0 spiro atoms. The summed E-state index contributed by atoms with van der Waals surface area (Å²) in [6, 6.07) is 10.00. The molecule has 0 aromatic carbocycles. The van der Waals surface area contributed by atoms with Crippen LogP contribution < -0.4 is 5.32 Å². The Morgan fingerprint density at radius 3 is 2.96 bits per heavy atom. The van der Waals surface area contributed by atoms with Crippen molar-refractivity contribution in [2.75, 3.05) is 0 Å². The van der Waals surface area contributed by atoms with Gasteiger partial charge in [-0.15, -0.1) is 11.3 Å². The molecule has 0 saturated carbocycles. The van der Waals surface area contributed by atoms with Gasteiger partial charge in [-0.3, -0.25) is 4.79 Å². The number of aryl methyl sites for hydroxylation is 2. The summed E-state index contributed by atoms with van der Waals surface area (Å²) in [6.45, 7) is 4.11. The topological polar surface area (TPSA) is 73.0 Å². The molecule has 6 nitrogen and oxygen atoms in total. The fourth-order valence-electron chi connectivity index (χ4n) is 3.37. The summed E-state index contributed by atoms with van der Waals surface area (Å²) in [6.07, 6.45) is 5.06. The molecule has 0 bridgehead atoms. The SMILES string of the molecule is Cc1nn(CC(=O)NC(C)CCc2ccco2)c2nccc(-c3cccs3)c12. The van der Waals surface area contributed by atoms with Gasteiger partial charge < -0.3 is 9.73 Å². The third-order valence-electron chi connectivity index (χ3n) is 4.70. The van der Waals surface area contributed by atoms with E-state index in [9.17, 15) is 4.79 Å². The van der Waals surface area contributed by atoms with Crippen LogP contribution in [0.1, 0.15) is 24.8 Å². The highest BCUT2D eigenvalue weighted by Crippen LogP contribution is 2.32.